The highest BCUT2D eigenvalue weighted by atomic mass is 16.5. The van der Waals surface area contributed by atoms with Crippen LogP contribution in [0.15, 0.2) is 0 Å². The van der Waals surface area contributed by atoms with Gasteiger partial charge in [0.15, 0.2) is 0 Å². The molecule has 4 N–H and O–H groups in total. The minimum atomic E-state index is -0.105. The lowest BCUT2D eigenvalue weighted by molar-refractivity contribution is 0.0314. The van der Waals surface area contributed by atoms with Crippen molar-refractivity contribution >= 4 is 11.6 Å². The standard InChI is InChI=1S/C14H25N5O/c1-9(2)11-17-12(10(3)13(18-11)19-15)16-8-14(4)6-5-7-20-14/h9H,5-8,15H2,1-4H3,(H2,16,17,18,19). The first kappa shape index (κ1) is 15.0. The van der Waals surface area contributed by atoms with Crippen molar-refractivity contribution in [3.05, 3.63) is 11.4 Å². The summed E-state index contributed by atoms with van der Waals surface area (Å²) in [4.78, 5) is 9.03. The summed E-state index contributed by atoms with van der Waals surface area (Å²) in [6.07, 6.45) is 2.19. The number of hydrogen-bond acceptors (Lipinski definition) is 6. The molecule has 0 amide bonds. The van der Waals surface area contributed by atoms with E-state index in [-0.39, 0.29) is 11.5 Å². The maximum atomic E-state index is 5.79. The van der Waals surface area contributed by atoms with Gasteiger partial charge in [0.25, 0.3) is 0 Å². The lowest BCUT2D eigenvalue weighted by atomic mass is 10.0. The van der Waals surface area contributed by atoms with Crippen molar-refractivity contribution in [2.45, 2.75) is 52.1 Å². The minimum absolute atomic E-state index is 0.105. The number of ether oxygens (including phenoxy) is 1. The Bertz CT molecular complexity index is 469. The summed E-state index contributed by atoms with van der Waals surface area (Å²) in [5.41, 5.74) is 3.47. The van der Waals surface area contributed by atoms with Gasteiger partial charge in [-0.15, -0.1) is 0 Å². The van der Waals surface area contributed by atoms with Crippen molar-refractivity contribution in [1.29, 1.82) is 0 Å². The van der Waals surface area contributed by atoms with Crippen molar-refractivity contribution in [3.63, 3.8) is 0 Å². The van der Waals surface area contributed by atoms with Crippen molar-refractivity contribution in [3.8, 4) is 0 Å². The Morgan fingerprint density at radius 2 is 2.05 bits per heavy atom. The van der Waals surface area contributed by atoms with Crippen LogP contribution in [0.5, 0.6) is 0 Å². The fourth-order valence-corrected chi connectivity index (χ4v) is 2.35. The van der Waals surface area contributed by atoms with Crippen molar-refractivity contribution in [1.82, 2.24) is 9.97 Å². The van der Waals surface area contributed by atoms with Gasteiger partial charge in [0.05, 0.1) is 5.60 Å². The molecule has 6 nitrogen and oxygen atoms in total. The molecule has 0 bridgehead atoms. The van der Waals surface area contributed by atoms with E-state index in [0.29, 0.717) is 5.82 Å². The Morgan fingerprint density at radius 3 is 2.60 bits per heavy atom. The minimum Gasteiger partial charge on any atom is -0.373 e. The quantitative estimate of drug-likeness (QED) is 0.566. The summed E-state index contributed by atoms with van der Waals surface area (Å²) in [5.74, 6) is 8.07. The van der Waals surface area contributed by atoms with E-state index >= 15 is 0 Å². The molecule has 1 aromatic heterocycles. The molecule has 112 valence electrons. The van der Waals surface area contributed by atoms with Gasteiger partial charge in [0.2, 0.25) is 0 Å². The van der Waals surface area contributed by atoms with Crippen LogP contribution >= 0.6 is 0 Å². The predicted octanol–water partition coefficient (Wildman–Crippen LogP) is 2.18. The molecule has 1 atom stereocenters. The van der Waals surface area contributed by atoms with Crippen LogP contribution in [-0.2, 0) is 4.74 Å². The molecular weight excluding hydrogens is 254 g/mol. The maximum Gasteiger partial charge on any atom is 0.148 e. The second-order valence-electron chi connectivity index (χ2n) is 5.96. The van der Waals surface area contributed by atoms with Crippen LogP contribution in [0.1, 0.15) is 50.9 Å². The number of aromatic nitrogens is 2. The molecule has 1 fully saturated rings. The molecule has 0 aliphatic carbocycles. The first-order valence-corrected chi connectivity index (χ1v) is 7.18. The molecule has 0 saturated carbocycles. The summed E-state index contributed by atoms with van der Waals surface area (Å²) >= 11 is 0. The zero-order valence-electron chi connectivity index (χ0n) is 12.8. The van der Waals surface area contributed by atoms with Crippen LogP contribution in [0.4, 0.5) is 11.6 Å². The lowest BCUT2D eigenvalue weighted by Crippen LogP contribution is -2.33. The molecule has 20 heavy (non-hydrogen) atoms. The molecule has 6 heteroatoms. The van der Waals surface area contributed by atoms with Gasteiger partial charge < -0.3 is 15.5 Å². The smallest absolute Gasteiger partial charge is 0.148 e. The zero-order chi connectivity index (χ0) is 14.8. The summed E-state index contributed by atoms with van der Waals surface area (Å²) in [6.45, 7) is 9.81. The summed E-state index contributed by atoms with van der Waals surface area (Å²) in [6, 6.07) is 0. The van der Waals surface area contributed by atoms with Crippen molar-refractivity contribution < 1.29 is 4.74 Å². The largest absolute Gasteiger partial charge is 0.373 e. The van der Waals surface area contributed by atoms with Crippen LogP contribution in [0.25, 0.3) is 0 Å². The fourth-order valence-electron chi connectivity index (χ4n) is 2.35. The average Bonchev–Trinajstić information content (AvgIpc) is 2.84. The number of nitrogen functional groups attached to an aromatic ring is 1. The van der Waals surface area contributed by atoms with E-state index in [4.69, 9.17) is 10.6 Å². The molecule has 1 aliphatic rings. The summed E-state index contributed by atoms with van der Waals surface area (Å²) in [5, 5.41) is 3.39. The van der Waals surface area contributed by atoms with Gasteiger partial charge in [-0.05, 0) is 26.7 Å². The molecule has 1 aliphatic heterocycles. The average molecular weight is 279 g/mol. The topological polar surface area (TPSA) is 85.1 Å². The molecule has 0 aromatic carbocycles. The van der Waals surface area contributed by atoms with Crippen LogP contribution in [0.2, 0.25) is 0 Å². The first-order chi connectivity index (χ1) is 9.45. The lowest BCUT2D eigenvalue weighted by Gasteiger charge is -2.24. The molecule has 1 aromatic rings. The molecule has 1 unspecified atom stereocenters. The number of hydrogen-bond donors (Lipinski definition) is 3. The van der Waals surface area contributed by atoms with Crippen LogP contribution in [0, 0.1) is 6.92 Å². The van der Waals surface area contributed by atoms with Crippen LogP contribution in [-0.4, -0.2) is 28.7 Å². The summed E-state index contributed by atoms with van der Waals surface area (Å²) in [7, 11) is 0. The number of nitrogens with two attached hydrogens (primary N) is 1. The Balaban J connectivity index is 2.19. The van der Waals surface area contributed by atoms with Gasteiger partial charge >= 0.3 is 0 Å². The molecule has 0 spiro atoms. The molecule has 0 radical (unpaired) electrons. The number of nitrogens with one attached hydrogen (secondary N) is 2. The Labute approximate surface area is 120 Å². The Morgan fingerprint density at radius 1 is 1.35 bits per heavy atom. The van der Waals surface area contributed by atoms with E-state index in [9.17, 15) is 0 Å². The third kappa shape index (κ3) is 3.19. The zero-order valence-corrected chi connectivity index (χ0v) is 12.8. The highest BCUT2D eigenvalue weighted by Crippen LogP contribution is 2.27. The van der Waals surface area contributed by atoms with E-state index < -0.39 is 0 Å². The summed E-state index contributed by atoms with van der Waals surface area (Å²) < 4.78 is 5.79. The van der Waals surface area contributed by atoms with E-state index in [1.54, 1.807) is 0 Å². The Hall–Kier alpha value is -1.40. The van der Waals surface area contributed by atoms with Crippen molar-refractivity contribution in [2.75, 3.05) is 23.9 Å². The molecule has 1 saturated heterocycles. The third-order valence-corrected chi connectivity index (χ3v) is 3.75. The third-order valence-electron chi connectivity index (χ3n) is 3.75. The van der Waals surface area contributed by atoms with Gasteiger partial charge in [-0.3, -0.25) is 0 Å². The highest BCUT2D eigenvalue weighted by molar-refractivity contribution is 5.57. The highest BCUT2D eigenvalue weighted by Gasteiger charge is 2.29. The van der Waals surface area contributed by atoms with Gasteiger partial charge in [-0.1, -0.05) is 13.8 Å². The number of nitrogens with zero attached hydrogens (tertiary/aromatic N) is 2. The van der Waals surface area contributed by atoms with Crippen LogP contribution < -0.4 is 16.6 Å². The van der Waals surface area contributed by atoms with Gasteiger partial charge in [-0.2, -0.15) is 0 Å². The molecule has 2 rings (SSSR count). The number of hydrazine groups is 1. The second-order valence-corrected chi connectivity index (χ2v) is 5.96. The normalized spacial score (nSPS) is 22.3. The van der Waals surface area contributed by atoms with E-state index in [2.05, 4.69) is 41.5 Å². The number of rotatable bonds is 5. The van der Waals surface area contributed by atoms with Crippen molar-refractivity contribution in [2.24, 2.45) is 5.84 Å². The molecule has 2 heterocycles. The molecular formula is C14H25N5O. The van der Waals surface area contributed by atoms with E-state index in [1.165, 1.54) is 0 Å². The number of anilines is 2. The first-order valence-electron chi connectivity index (χ1n) is 7.18. The van der Waals surface area contributed by atoms with Gasteiger partial charge in [0.1, 0.15) is 17.5 Å². The SMILES string of the molecule is Cc1c(NN)nc(C(C)C)nc1NCC1(C)CCCO1. The van der Waals surface area contributed by atoms with E-state index in [1.807, 2.05) is 6.92 Å². The van der Waals surface area contributed by atoms with Gasteiger partial charge in [0, 0.05) is 24.6 Å². The van der Waals surface area contributed by atoms with E-state index in [0.717, 1.165) is 43.2 Å². The predicted molar refractivity (Wildman–Crippen MR) is 80.7 cm³/mol. The van der Waals surface area contributed by atoms with Crippen LogP contribution in [0.3, 0.4) is 0 Å². The second kappa shape index (κ2) is 5.93. The fraction of sp³-hybridized carbons (Fsp3) is 0.714. The van der Waals surface area contributed by atoms with Gasteiger partial charge in [-0.25, -0.2) is 15.8 Å². The monoisotopic (exact) mass is 279 g/mol. The Kier molecular flexibility index (Phi) is 4.45. The maximum absolute atomic E-state index is 5.79.